The smallest absolute Gasteiger partial charge is 0.305 e. The Morgan fingerprint density at radius 1 is 0.391 bits per heavy atom. The molecule has 0 aromatic rings. The maximum Gasteiger partial charge on any atom is 0.305 e. The van der Waals surface area contributed by atoms with E-state index in [9.17, 15) is 9.90 Å². The number of hydrogen-bond acceptors (Lipinski definition) is 3. The van der Waals surface area contributed by atoms with Gasteiger partial charge in [0.15, 0.2) is 0 Å². The number of rotatable bonds is 40. The van der Waals surface area contributed by atoms with E-state index in [0.29, 0.717) is 13.0 Å². The van der Waals surface area contributed by atoms with Crippen molar-refractivity contribution in [3.63, 3.8) is 0 Å². The molecule has 0 aliphatic carbocycles. The summed E-state index contributed by atoms with van der Waals surface area (Å²) in [5.41, 5.74) is 0. The van der Waals surface area contributed by atoms with Crippen LogP contribution in [0.5, 0.6) is 0 Å². The summed E-state index contributed by atoms with van der Waals surface area (Å²) < 4.78 is 5.41. The highest BCUT2D eigenvalue weighted by molar-refractivity contribution is 5.69. The third-order valence-electron chi connectivity index (χ3n) is 10.1. The summed E-state index contributed by atoms with van der Waals surface area (Å²) in [6.07, 6.45) is 49.3. The van der Waals surface area contributed by atoms with Crippen molar-refractivity contribution in [2.75, 3.05) is 6.61 Å². The van der Waals surface area contributed by atoms with Crippen LogP contribution in [0.15, 0.2) is 0 Å². The van der Waals surface area contributed by atoms with Crippen molar-refractivity contribution in [1.82, 2.24) is 0 Å². The van der Waals surface area contributed by atoms with Crippen LogP contribution in [0, 0.1) is 0 Å². The van der Waals surface area contributed by atoms with Gasteiger partial charge >= 0.3 is 5.97 Å². The third kappa shape index (κ3) is 39.6. The van der Waals surface area contributed by atoms with E-state index in [1.165, 1.54) is 212 Å². The van der Waals surface area contributed by atoms with E-state index in [4.69, 9.17) is 4.74 Å². The summed E-state index contributed by atoms with van der Waals surface area (Å²) in [5, 5.41) is 10.2. The zero-order valence-electron chi connectivity index (χ0n) is 31.9. The minimum atomic E-state index is -0.0472. The highest BCUT2D eigenvalue weighted by Gasteiger charge is 2.05. The first kappa shape index (κ1) is 45.4. The van der Waals surface area contributed by atoms with Crippen LogP contribution >= 0.6 is 0 Å². The molecule has 3 heteroatoms. The van der Waals surface area contributed by atoms with E-state index in [0.717, 1.165) is 25.7 Å². The molecule has 0 heterocycles. The molecule has 0 bridgehead atoms. The molecule has 3 nitrogen and oxygen atoms in total. The number of carbonyl (C=O) groups is 1. The van der Waals surface area contributed by atoms with Crippen molar-refractivity contribution in [1.29, 1.82) is 0 Å². The Bertz CT molecular complexity index is 562. The number of aliphatic hydroxyl groups excluding tert-OH is 1. The molecular weight excluding hydrogens is 564 g/mol. The quantitative estimate of drug-likeness (QED) is 0.0530. The van der Waals surface area contributed by atoms with Crippen molar-refractivity contribution in [3.05, 3.63) is 0 Å². The lowest BCUT2D eigenvalue weighted by molar-refractivity contribution is -0.143. The van der Waals surface area contributed by atoms with Crippen LogP contribution in [-0.2, 0) is 9.53 Å². The van der Waals surface area contributed by atoms with E-state index < -0.39 is 0 Å². The molecule has 0 amide bonds. The first-order chi connectivity index (χ1) is 22.7. The molecule has 0 spiro atoms. The molecule has 0 unspecified atom stereocenters. The van der Waals surface area contributed by atoms with Crippen LogP contribution in [0.4, 0.5) is 0 Å². The summed E-state index contributed by atoms with van der Waals surface area (Å²) in [7, 11) is 0. The second-order valence-electron chi connectivity index (χ2n) is 14.9. The van der Waals surface area contributed by atoms with Crippen molar-refractivity contribution >= 4 is 5.97 Å². The highest BCUT2D eigenvalue weighted by atomic mass is 16.5. The number of esters is 1. The fourth-order valence-corrected chi connectivity index (χ4v) is 6.81. The standard InChI is InChI=1S/C43H86O3/c1-3-5-7-9-11-26-30-34-38-42(44)39-35-31-27-24-22-20-18-16-14-13-15-17-19-21-23-25-28-32-36-40-43(45)46-41-37-33-29-12-10-8-6-4-2/h42,44H,3-41H2,1-2H3/t42-/m1/s1. The van der Waals surface area contributed by atoms with E-state index in [-0.39, 0.29) is 12.1 Å². The Hall–Kier alpha value is -0.570. The maximum absolute atomic E-state index is 11.9. The molecule has 0 aromatic carbocycles. The molecule has 0 saturated carbocycles. The molecular formula is C43H86O3. The average molecular weight is 651 g/mol. The van der Waals surface area contributed by atoms with Crippen molar-refractivity contribution in [2.24, 2.45) is 0 Å². The predicted molar refractivity (Wildman–Crippen MR) is 204 cm³/mol. The van der Waals surface area contributed by atoms with Gasteiger partial charge in [0.05, 0.1) is 12.7 Å². The van der Waals surface area contributed by atoms with E-state index in [2.05, 4.69) is 13.8 Å². The van der Waals surface area contributed by atoms with E-state index >= 15 is 0 Å². The Kier molecular flexibility index (Phi) is 40.1. The Morgan fingerprint density at radius 3 is 0.978 bits per heavy atom. The van der Waals surface area contributed by atoms with Crippen LogP contribution in [0.2, 0.25) is 0 Å². The summed E-state index contributed by atoms with van der Waals surface area (Å²) in [6.45, 7) is 5.16. The molecule has 0 aliphatic rings. The molecule has 276 valence electrons. The largest absolute Gasteiger partial charge is 0.466 e. The Morgan fingerprint density at radius 2 is 0.652 bits per heavy atom. The number of carbonyl (C=O) groups excluding carboxylic acids is 1. The molecule has 0 saturated heterocycles. The minimum absolute atomic E-state index is 0.0189. The molecule has 0 aliphatic heterocycles. The molecule has 0 fully saturated rings. The Balaban J connectivity index is 3.17. The van der Waals surface area contributed by atoms with Gasteiger partial charge in [-0.25, -0.2) is 0 Å². The van der Waals surface area contributed by atoms with Crippen molar-refractivity contribution in [2.45, 2.75) is 264 Å². The van der Waals surface area contributed by atoms with Gasteiger partial charge in [-0.05, 0) is 25.7 Å². The number of hydrogen-bond donors (Lipinski definition) is 1. The first-order valence-electron chi connectivity index (χ1n) is 21.5. The average Bonchev–Trinajstić information content (AvgIpc) is 3.05. The van der Waals surface area contributed by atoms with E-state index in [1.807, 2.05) is 0 Å². The van der Waals surface area contributed by atoms with Crippen LogP contribution in [0.25, 0.3) is 0 Å². The molecule has 0 radical (unpaired) electrons. The highest BCUT2D eigenvalue weighted by Crippen LogP contribution is 2.17. The van der Waals surface area contributed by atoms with Gasteiger partial charge in [-0.2, -0.15) is 0 Å². The lowest BCUT2D eigenvalue weighted by Crippen LogP contribution is -2.05. The van der Waals surface area contributed by atoms with Gasteiger partial charge in [-0.15, -0.1) is 0 Å². The number of aliphatic hydroxyl groups is 1. The lowest BCUT2D eigenvalue weighted by Gasteiger charge is -2.10. The lowest BCUT2D eigenvalue weighted by atomic mass is 10.0. The maximum atomic E-state index is 11.9. The summed E-state index contributed by atoms with van der Waals surface area (Å²) in [6, 6.07) is 0. The summed E-state index contributed by atoms with van der Waals surface area (Å²) >= 11 is 0. The fraction of sp³-hybridized carbons (Fsp3) is 0.977. The van der Waals surface area contributed by atoms with Crippen LogP contribution in [-0.4, -0.2) is 23.8 Å². The second kappa shape index (κ2) is 40.6. The van der Waals surface area contributed by atoms with Gasteiger partial charge in [0.2, 0.25) is 0 Å². The normalized spacial score (nSPS) is 12.2. The van der Waals surface area contributed by atoms with Crippen molar-refractivity contribution < 1.29 is 14.6 Å². The zero-order valence-corrected chi connectivity index (χ0v) is 31.9. The minimum Gasteiger partial charge on any atom is -0.466 e. The second-order valence-corrected chi connectivity index (χ2v) is 14.9. The molecule has 0 rings (SSSR count). The molecule has 1 atom stereocenters. The van der Waals surface area contributed by atoms with Crippen molar-refractivity contribution in [3.8, 4) is 0 Å². The van der Waals surface area contributed by atoms with Crippen LogP contribution in [0.1, 0.15) is 258 Å². The molecule has 0 aromatic heterocycles. The van der Waals surface area contributed by atoms with Gasteiger partial charge < -0.3 is 9.84 Å². The SMILES string of the molecule is CCCCCCCCCCOC(=O)CCCCCCCCCCCCCCCCCCCCC[C@H](O)CCCCCCCCCC. The van der Waals surface area contributed by atoms with Gasteiger partial charge in [0.1, 0.15) is 0 Å². The zero-order chi connectivity index (χ0) is 33.4. The van der Waals surface area contributed by atoms with Gasteiger partial charge in [0.25, 0.3) is 0 Å². The monoisotopic (exact) mass is 651 g/mol. The molecule has 46 heavy (non-hydrogen) atoms. The third-order valence-corrected chi connectivity index (χ3v) is 10.1. The summed E-state index contributed by atoms with van der Waals surface area (Å²) in [5.74, 6) is 0.0189. The van der Waals surface area contributed by atoms with Crippen LogP contribution < -0.4 is 0 Å². The first-order valence-corrected chi connectivity index (χ1v) is 21.5. The predicted octanol–water partition coefficient (Wildman–Crippen LogP) is 14.8. The molecule has 1 N–H and O–H groups in total. The fourth-order valence-electron chi connectivity index (χ4n) is 6.81. The van der Waals surface area contributed by atoms with Crippen LogP contribution in [0.3, 0.4) is 0 Å². The van der Waals surface area contributed by atoms with E-state index in [1.54, 1.807) is 0 Å². The van der Waals surface area contributed by atoms with Gasteiger partial charge in [0, 0.05) is 6.42 Å². The number of ether oxygens (including phenoxy) is 1. The number of unbranched alkanes of at least 4 members (excludes halogenated alkanes) is 32. The summed E-state index contributed by atoms with van der Waals surface area (Å²) in [4.78, 5) is 11.9. The topological polar surface area (TPSA) is 46.5 Å². The van der Waals surface area contributed by atoms with Gasteiger partial charge in [-0.3, -0.25) is 4.79 Å². The van der Waals surface area contributed by atoms with Gasteiger partial charge in [-0.1, -0.05) is 226 Å². The Labute approximate surface area is 290 Å².